The molecule has 0 aromatic rings. The van der Waals surface area contributed by atoms with E-state index in [2.05, 4.69) is 4.99 Å². The minimum Gasteiger partial charge on any atom is -0.480 e. The molecule has 0 bridgehead atoms. The summed E-state index contributed by atoms with van der Waals surface area (Å²) in [7, 11) is 0. The van der Waals surface area contributed by atoms with Crippen LogP contribution < -0.4 is 11.5 Å². The standard InChI is InChI=1S/C9H17N3O2/c1-2-4-8(11)12-6-3-5-7(10)9(13)14/h2,4,7H,3,5-6,10H2,1H3,(H2,11,12)(H,13,14)/b4-2+/t7-/m0/s1. The molecule has 0 unspecified atom stereocenters. The fourth-order valence-corrected chi connectivity index (χ4v) is 0.866. The number of allylic oxidation sites excluding steroid dienone is 1. The molecule has 0 fully saturated rings. The minimum absolute atomic E-state index is 0.419. The van der Waals surface area contributed by atoms with E-state index in [0.717, 1.165) is 0 Å². The van der Waals surface area contributed by atoms with Gasteiger partial charge in [-0.3, -0.25) is 9.79 Å². The molecular weight excluding hydrogens is 182 g/mol. The van der Waals surface area contributed by atoms with Gasteiger partial charge in [0.05, 0.1) is 0 Å². The van der Waals surface area contributed by atoms with Crippen molar-refractivity contribution in [1.29, 1.82) is 0 Å². The molecule has 0 spiro atoms. The topological polar surface area (TPSA) is 102 Å². The molecule has 0 aromatic heterocycles. The molecular formula is C9H17N3O2. The van der Waals surface area contributed by atoms with E-state index in [9.17, 15) is 4.79 Å². The van der Waals surface area contributed by atoms with Crippen molar-refractivity contribution >= 4 is 11.8 Å². The van der Waals surface area contributed by atoms with E-state index in [1.165, 1.54) is 0 Å². The number of carboxylic acid groups (broad SMARTS) is 1. The Morgan fingerprint density at radius 2 is 2.29 bits per heavy atom. The fourth-order valence-electron chi connectivity index (χ4n) is 0.866. The SMILES string of the molecule is C/C=C/C(N)=NCCC[C@H](N)C(=O)O. The second kappa shape index (κ2) is 7.08. The van der Waals surface area contributed by atoms with Crippen molar-refractivity contribution in [2.75, 3.05) is 6.54 Å². The number of nitrogens with two attached hydrogens (primary N) is 2. The number of carboxylic acids is 1. The largest absolute Gasteiger partial charge is 0.480 e. The van der Waals surface area contributed by atoms with Gasteiger partial charge >= 0.3 is 5.97 Å². The zero-order chi connectivity index (χ0) is 11.0. The minimum atomic E-state index is -0.976. The second-order valence-electron chi connectivity index (χ2n) is 2.89. The fraction of sp³-hybridized carbons (Fsp3) is 0.556. The Morgan fingerprint density at radius 1 is 1.64 bits per heavy atom. The first-order valence-electron chi connectivity index (χ1n) is 4.49. The molecule has 0 aliphatic carbocycles. The summed E-state index contributed by atoms with van der Waals surface area (Å²) >= 11 is 0. The molecule has 80 valence electrons. The molecule has 5 nitrogen and oxygen atoms in total. The van der Waals surface area contributed by atoms with Crippen LogP contribution >= 0.6 is 0 Å². The zero-order valence-corrected chi connectivity index (χ0v) is 8.31. The lowest BCUT2D eigenvalue weighted by atomic mass is 10.2. The van der Waals surface area contributed by atoms with E-state index in [-0.39, 0.29) is 0 Å². The van der Waals surface area contributed by atoms with E-state index >= 15 is 0 Å². The highest BCUT2D eigenvalue weighted by Gasteiger charge is 2.09. The molecule has 5 heteroatoms. The van der Waals surface area contributed by atoms with Gasteiger partial charge in [0.1, 0.15) is 11.9 Å². The molecule has 0 saturated carbocycles. The maximum absolute atomic E-state index is 10.3. The monoisotopic (exact) mass is 199 g/mol. The van der Waals surface area contributed by atoms with Crippen molar-refractivity contribution < 1.29 is 9.90 Å². The number of hydrogen-bond acceptors (Lipinski definition) is 3. The molecule has 0 saturated heterocycles. The molecule has 0 rings (SSSR count). The van der Waals surface area contributed by atoms with Gasteiger partial charge in [0.15, 0.2) is 0 Å². The van der Waals surface area contributed by atoms with Crippen molar-refractivity contribution in [1.82, 2.24) is 0 Å². The van der Waals surface area contributed by atoms with Crippen LogP contribution in [0.15, 0.2) is 17.1 Å². The summed E-state index contributed by atoms with van der Waals surface area (Å²) in [5.41, 5.74) is 10.8. The van der Waals surface area contributed by atoms with Crippen LogP contribution in [0.5, 0.6) is 0 Å². The molecule has 0 amide bonds. The maximum Gasteiger partial charge on any atom is 0.320 e. The third-order valence-corrected chi connectivity index (χ3v) is 1.62. The number of rotatable bonds is 6. The highest BCUT2D eigenvalue weighted by atomic mass is 16.4. The molecule has 1 atom stereocenters. The van der Waals surface area contributed by atoms with Crippen molar-refractivity contribution in [2.24, 2.45) is 16.5 Å². The molecule has 0 aliphatic heterocycles. The highest BCUT2D eigenvalue weighted by molar-refractivity contribution is 5.91. The number of nitrogens with zero attached hydrogens (tertiary/aromatic N) is 1. The van der Waals surface area contributed by atoms with Crippen LogP contribution in [-0.4, -0.2) is 29.5 Å². The van der Waals surface area contributed by atoms with Gasteiger partial charge in [0.25, 0.3) is 0 Å². The average Bonchev–Trinajstić information content (AvgIpc) is 2.12. The first-order chi connectivity index (χ1) is 6.57. The van der Waals surface area contributed by atoms with E-state index in [4.69, 9.17) is 16.6 Å². The van der Waals surface area contributed by atoms with Crippen LogP contribution in [0.1, 0.15) is 19.8 Å². The maximum atomic E-state index is 10.3. The zero-order valence-electron chi connectivity index (χ0n) is 8.31. The van der Waals surface area contributed by atoms with Crippen LogP contribution in [0, 0.1) is 0 Å². The predicted molar refractivity (Wildman–Crippen MR) is 56.1 cm³/mol. The number of amidine groups is 1. The Hall–Kier alpha value is -1.36. The summed E-state index contributed by atoms with van der Waals surface area (Å²) in [5, 5.41) is 8.48. The van der Waals surface area contributed by atoms with Gasteiger partial charge in [-0.1, -0.05) is 6.08 Å². The van der Waals surface area contributed by atoms with Crippen LogP contribution in [0.2, 0.25) is 0 Å². The van der Waals surface area contributed by atoms with Gasteiger partial charge in [-0.15, -0.1) is 0 Å². The lowest BCUT2D eigenvalue weighted by Crippen LogP contribution is -2.30. The van der Waals surface area contributed by atoms with Crippen LogP contribution in [-0.2, 0) is 4.79 Å². The predicted octanol–water partition coefficient (Wildman–Crippen LogP) is 0.112. The summed E-state index contributed by atoms with van der Waals surface area (Å²) in [4.78, 5) is 14.3. The molecule has 14 heavy (non-hydrogen) atoms. The van der Waals surface area contributed by atoms with Crippen LogP contribution in [0.3, 0.4) is 0 Å². The smallest absolute Gasteiger partial charge is 0.320 e. The van der Waals surface area contributed by atoms with Crippen molar-refractivity contribution in [3.8, 4) is 0 Å². The molecule has 0 aromatic carbocycles. The highest BCUT2D eigenvalue weighted by Crippen LogP contribution is 1.95. The van der Waals surface area contributed by atoms with E-state index in [0.29, 0.717) is 25.2 Å². The van der Waals surface area contributed by atoms with Gasteiger partial charge in [-0.2, -0.15) is 0 Å². The van der Waals surface area contributed by atoms with Gasteiger partial charge in [0.2, 0.25) is 0 Å². The van der Waals surface area contributed by atoms with Crippen molar-refractivity contribution in [2.45, 2.75) is 25.8 Å². The summed E-state index contributed by atoms with van der Waals surface area (Å²) in [6, 6.07) is -0.798. The molecule has 0 heterocycles. The Balaban J connectivity index is 3.65. The van der Waals surface area contributed by atoms with Crippen LogP contribution in [0.4, 0.5) is 0 Å². The first-order valence-corrected chi connectivity index (χ1v) is 4.49. The van der Waals surface area contributed by atoms with Crippen molar-refractivity contribution in [3.63, 3.8) is 0 Å². The third kappa shape index (κ3) is 6.19. The van der Waals surface area contributed by atoms with E-state index < -0.39 is 12.0 Å². The summed E-state index contributed by atoms with van der Waals surface area (Å²) in [6.45, 7) is 2.36. The van der Waals surface area contributed by atoms with Gasteiger partial charge in [0, 0.05) is 6.54 Å². The molecule has 0 aliphatic rings. The Kier molecular flexibility index (Phi) is 6.39. The number of hydrogen-bond donors (Lipinski definition) is 3. The quantitative estimate of drug-likeness (QED) is 0.321. The lowest BCUT2D eigenvalue weighted by molar-refractivity contribution is -0.138. The number of aliphatic carboxylic acids is 1. The van der Waals surface area contributed by atoms with E-state index in [1.54, 1.807) is 12.2 Å². The first kappa shape index (κ1) is 12.6. The Labute approximate surface area is 83.5 Å². The normalized spacial score (nSPS) is 14.6. The number of aliphatic imine (C=N–C) groups is 1. The number of carbonyl (C=O) groups is 1. The Bertz CT molecular complexity index is 236. The molecule has 5 N–H and O–H groups in total. The summed E-state index contributed by atoms with van der Waals surface area (Å²) in [6.07, 6.45) is 4.53. The van der Waals surface area contributed by atoms with Gasteiger partial charge in [-0.25, -0.2) is 0 Å². The lowest BCUT2D eigenvalue weighted by Gasteiger charge is -2.03. The summed E-state index contributed by atoms with van der Waals surface area (Å²) < 4.78 is 0. The third-order valence-electron chi connectivity index (χ3n) is 1.62. The second-order valence-corrected chi connectivity index (χ2v) is 2.89. The summed E-state index contributed by atoms with van der Waals surface area (Å²) in [5.74, 6) is -0.521. The van der Waals surface area contributed by atoms with Crippen molar-refractivity contribution in [3.05, 3.63) is 12.2 Å². The Morgan fingerprint density at radius 3 is 2.79 bits per heavy atom. The van der Waals surface area contributed by atoms with Gasteiger partial charge in [-0.05, 0) is 25.8 Å². The molecule has 0 radical (unpaired) electrons. The van der Waals surface area contributed by atoms with Gasteiger partial charge < -0.3 is 16.6 Å². The average molecular weight is 199 g/mol. The van der Waals surface area contributed by atoms with Crippen LogP contribution in [0.25, 0.3) is 0 Å². The van der Waals surface area contributed by atoms with E-state index in [1.807, 2.05) is 6.92 Å².